The smallest absolute Gasteiger partial charge is 0.159 e. The first kappa shape index (κ1) is 13.2. The lowest BCUT2D eigenvalue weighted by Gasteiger charge is -1.99. The summed E-state index contributed by atoms with van der Waals surface area (Å²) in [4.78, 5) is 4.35. The normalized spacial score (nSPS) is 12.1. The van der Waals surface area contributed by atoms with Crippen molar-refractivity contribution in [1.29, 1.82) is 0 Å². The predicted octanol–water partition coefficient (Wildman–Crippen LogP) is 5.92. The number of halogens is 1. The Hall–Kier alpha value is -2.52. The first-order chi connectivity index (χ1) is 10.8. The maximum Gasteiger partial charge on any atom is 0.159 e. The largest absolute Gasteiger partial charge is 0.234 e. The molecule has 0 N–H and O–H groups in total. The molecule has 22 heavy (non-hydrogen) atoms. The minimum atomic E-state index is -0.295. The molecule has 1 nitrogen and oxygen atoms in total. The Kier molecular flexibility index (Phi) is 3.20. The summed E-state index contributed by atoms with van der Waals surface area (Å²) in [5.41, 5.74) is 1.68. The number of aromatic nitrogens is 1. The molecule has 106 valence electrons. The van der Waals surface area contributed by atoms with E-state index in [0.717, 1.165) is 26.6 Å². The van der Waals surface area contributed by atoms with Crippen LogP contribution < -0.4 is 0 Å². The van der Waals surface area contributed by atoms with Gasteiger partial charge in [-0.3, -0.25) is 0 Å². The lowest BCUT2D eigenvalue weighted by Crippen LogP contribution is -1.78. The lowest BCUT2D eigenvalue weighted by molar-refractivity contribution is 0.764. The molecule has 0 spiro atoms. The van der Waals surface area contributed by atoms with Crippen molar-refractivity contribution in [1.82, 2.24) is 4.98 Å². The molecule has 0 unspecified atom stereocenters. The quantitative estimate of drug-likeness (QED) is 0.448. The van der Waals surface area contributed by atoms with Crippen molar-refractivity contribution < 1.29 is 4.39 Å². The van der Waals surface area contributed by atoms with Crippen molar-refractivity contribution in [3.63, 3.8) is 0 Å². The minimum Gasteiger partial charge on any atom is -0.234 e. The highest BCUT2D eigenvalue weighted by molar-refractivity contribution is 7.19. The zero-order chi connectivity index (χ0) is 14.9. The molecule has 0 aliphatic heterocycles. The summed E-state index contributed by atoms with van der Waals surface area (Å²) >= 11 is 1.37. The number of hydrogen-bond donors (Lipinski definition) is 0. The van der Waals surface area contributed by atoms with Gasteiger partial charge in [-0.05, 0) is 40.6 Å². The van der Waals surface area contributed by atoms with Gasteiger partial charge in [0, 0.05) is 0 Å². The lowest BCUT2D eigenvalue weighted by atomic mass is 10.1. The summed E-state index contributed by atoms with van der Waals surface area (Å²) in [5.74, 6) is -0.295. The van der Waals surface area contributed by atoms with Crippen molar-refractivity contribution in [2.45, 2.75) is 0 Å². The Morgan fingerprint density at radius 1 is 0.909 bits per heavy atom. The second-order valence-electron chi connectivity index (χ2n) is 5.09. The van der Waals surface area contributed by atoms with E-state index in [1.165, 1.54) is 11.3 Å². The maximum atomic E-state index is 14.5. The highest BCUT2D eigenvalue weighted by Crippen LogP contribution is 2.29. The Morgan fingerprint density at radius 2 is 1.68 bits per heavy atom. The number of para-hydroxylation sites is 1. The first-order valence-corrected chi connectivity index (χ1v) is 7.83. The van der Waals surface area contributed by atoms with E-state index in [1.54, 1.807) is 6.08 Å². The van der Waals surface area contributed by atoms with Gasteiger partial charge in [-0.1, -0.05) is 48.5 Å². The van der Waals surface area contributed by atoms with Gasteiger partial charge in [-0.15, -0.1) is 11.3 Å². The number of nitrogens with zero attached hydrogens (tertiary/aromatic N) is 1. The molecular formula is C19H12FNS. The van der Waals surface area contributed by atoms with Gasteiger partial charge in [0.15, 0.2) is 10.8 Å². The molecule has 0 radical (unpaired) electrons. The van der Waals surface area contributed by atoms with E-state index < -0.39 is 0 Å². The van der Waals surface area contributed by atoms with Crippen molar-refractivity contribution in [2.24, 2.45) is 0 Å². The third kappa shape index (κ3) is 2.40. The molecule has 0 atom stereocenters. The summed E-state index contributed by atoms with van der Waals surface area (Å²) in [6, 6.07) is 21.7. The van der Waals surface area contributed by atoms with E-state index in [-0.39, 0.29) is 5.83 Å². The molecule has 4 rings (SSSR count). The third-order valence-electron chi connectivity index (χ3n) is 3.57. The minimum absolute atomic E-state index is 0.295. The fourth-order valence-electron chi connectivity index (χ4n) is 2.48. The number of benzene rings is 3. The van der Waals surface area contributed by atoms with Crippen LogP contribution in [0.25, 0.3) is 32.9 Å². The van der Waals surface area contributed by atoms with Gasteiger partial charge in [0.2, 0.25) is 0 Å². The van der Waals surface area contributed by atoms with Crippen molar-refractivity contribution >= 4 is 44.2 Å². The van der Waals surface area contributed by atoms with Crippen molar-refractivity contribution in [3.8, 4) is 0 Å². The molecule has 1 heterocycles. The topological polar surface area (TPSA) is 12.9 Å². The highest BCUT2D eigenvalue weighted by atomic mass is 32.1. The van der Waals surface area contributed by atoms with Crippen LogP contribution in [0.3, 0.4) is 0 Å². The van der Waals surface area contributed by atoms with Gasteiger partial charge in [-0.2, -0.15) is 0 Å². The molecule has 0 bridgehead atoms. The summed E-state index contributed by atoms with van der Waals surface area (Å²) in [5, 5.41) is 2.68. The average molecular weight is 305 g/mol. The number of thiazole rings is 1. The third-order valence-corrected chi connectivity index (χ3v) is 4.61. The SMILES string of the molecule is F/C(=C\c1ccc2ccccc2c1)c1nc2ccccc2s1. The van der Waals surface area contributed by atoms with Crippen LogP contribution in [0.15, 0.2) is 66.7 Å². The Balaban J connectivity index is 1.76. The van der Waals surface area contributed by atoms with E-state index in [0.29, 0.717) is 5.01 Å². The van der Waals surface area contributed by atoms with Crippen molar-refractivity contribution in [2.75, 3.05) is 0 Å². The van der Waals surface area contributed by atoms with Crippen LogP contribution in [-0.2, 0) is 0 Å². The Bertz CT molecular complexity index is 967. The van der Waals surface area contributed by atoms with Crippen LogP contribution in [-0.4, -0.2) is 4.98 Å². The molecule has 0 saturated carbocycles. The summed E-state index contributed by atoms with van der Waals surface area (Å²) in [6.45, 7) is 0. The molecule has 0 amide bonds. The first-order valence-electron chi connectivity index (χ1n) is 7.01. The van der Waals surface area contributed by atoms with Crippen LogP contribution in [0.4, 0.5) is 4.39 Å². The second kappa shape index (κ2) is 5.35. The van der Waals surface area contributed by atoms with Crippen molar-refractivity contribution in [3.05, 3.63) is 77.3 Å². The fourth-order valence-corrected chi connectivity index (χ4v) is 3.35. The Morgan fingerprint density at radius 3 is 2.55 bits per heavy atom. The number of fused-ring (bicyclic) bond motifs is 2. The van der Waals surface area contributed by atoms with E-state index >= 15 is 0 Å². The molecule has 1 aromatic heterocycles. The van der Waals surface area contributed by atoms with Crippen LogP contribution in [0.5, 0.6) is 0 Å². The zero-order valence-corrected chi connectivity index (χ0v) is 12.5. The van der Waals surface area contributed by atoms with Gasteiger partial charge in [0.05, 0.1) is 10.2 Å². The monoisotopic (exact) mass is 305 g/mol. The van der Waals surface area contributed by atoms with Crippen LogP contribution in [0, 0.1) is 0 Å². The summed E-state index contributed by atoms with van der Waals surface area (Å²) in [7, 11) is 0. The average Bonchev–Trinajstić information content (AvgIpc) is 2.99. The van der Waals surface area contributed by atoms with Gasteiger partial charge >= 0.3 is 0 Å². The number of hydrogen-bond acceptors (Lipinski definition) is 2. The molecule has 0 fully saturated rings. The molecule has 4 aromatic rings. The fraction of sp³-hybridized carbons (Fsp3) is 0. The van der Waals surface area contributed by atoms with Gasteiger partial charge in [0.25, 0.3) is 0 Å². The predicted molar refractivity (Wildman–Crippen MR) is 92.5 cm³/mol. The second-order valence-corrected chi connectivity index (χ2v) is 6.12. The molecule has 0 saturated heterocycles. The zero-order valence-electron chi connectivity index (χ0n) is 11.7. The van der Waals surface area contributed by atoms with E-state index in [1.807, 2.05) is 66.7 Å². The van der Waals surface area contributed by atoms with Gasteiger partial charge < -0.3 is 0 Å². The highest BCUT2D eigenvalue weighted by Gasteiger charge is 2.08. The standard InChI is InChI=1S/C19H12FNS/c20-16(19-21-17-7-3-4-8-18(17)22-19)12-13-9-10-14-5-1-2-6-15(14)11-13/h1-12H/b16-12-. The molecule has 0 aliphatic rings. The van der Waals surface area contributed by atoms with Crippen LogP contribution in [0.1, 0.15) is 10.6 Å². The van der Waals surface area contributed by atoms with E-state index in [9.17, 15) is 4.39 Å². The van der Waals surface area contributed by atoms with E-state index in [4.69, 9.17) is 0 Å². The van der Waals surface area contributed by atoms with Gasteiger partial charge in [-0.25, -0.2) is 9.37 Å². The van der Waals surface area contributed by atoms with E-state index in [2.05, 4.69) is 4.98 Å². The number of rotatable bonds is 2. The summed E-state index contributed by atoms with van der Waals surface area (Å²) < 4.78 is 15.5. The van der Waals surface area contributed by atoms with Gasteiger partial charge in [0.1, 0.15) is 0 Å². The molecule has 0 aliphatic carbocycles. The van der Waals surface area contributed by atoms with Crippen LogP contribution >= 0.6 is 11.3 Å². The molecule has 3 heteroatoms. The molecular weight excluding hydrogens is 293 g/mol. The van der Waals surface area contributed by atoms with Crippen LogP contribution in [0.2, 0.25) is 0 Å². The molecule has 3 aromatic carbocycles. The maximum absolute atomic E-state index is 14.5. The Labute approximate surface area is 131 Å². The summed E-state index contributed by atoms with van der Waals surface area (Å²) in [6.07, 6.45) is 1.55.